The third-order valence-electron chi connectivity index (χ3n) is 4.51. The molecular formula is C23H27N3. The van der Waals surface area contributed by atoms with Crippen LogP contribution in [0.4, 0.5) is 5.82 Å². The summed E-state index contributed by atoms with van der Waals surface area (Å²) in [6, 6.07) is 22.8. The average Bonchev–Trinajstić information content (AvgIpc) is 2.72. The summed E-state index contributed by atoms with van der Waals surface area (Å²) in [4.78, 5) is 0. The largest absolute Gasteiger partial charge is 0.369 e. The second-order valence-corrected chi connectivity index (χ2v) is 6.56. The summed E-state index contributed by atoms with van der Waals surface area (Å²) < 4.78 is 0. The lowest BCUT2D eigenvalue weighted by Crippen LogP contribution is -2.05. The minimum atomic E-state index is 0.846. The van der Waals surface area contributed by atoms with Crippen molar-refractivity contribution in [3.05, 3.63) is 66.7 Å². The molecule has 0 aliphatic carbocycles. The van der Waals surface area contributed by atoms with Crippen molar-refractivity contribution in [2.75, 3.05) is 11.9 Å². The average molecular weight is 345 g/mol. The van der Waals surface area contributed by atoms with Gasteiger partial charge in [0.1, 0.15) is 11.5 Å². The Morgan fingerprint density at radius 2 is 1.38 bits per heavy atom. The number of hydrogen-bond acceptors (Lipinski definition) is 3. The highest BCUT2D eigenvalue weighted by Crippen LogP contribution is 2.31. The molecule has 0 fully saturated rings. The van der Waals surface area contributed by atoms with Gasteiger partial charge in [-0.15, -0.1) is 10.2 Å². The number of unbranched alkanes of at least 4 members (excludes halogenated alkanes) is 4. The molecule has 0 saturated carbocycles. The van der Waals surface area contributed by atoms with E-state index in [0.29, 0.717) is 0 Å². The van der Waals surface area contributed by atoms with E-state index in [9.17, 15) is 0 Å². The molecule has 1 aromatic heterocycles. The van der Waals surface area contributed by atoms with Crippen molar-refractivity contribution in [3.63, 3.8) is 0 Å². The van der Waals surface area contributed by atoms with Crippen LogP contribution in [0.15, 0.2) is 66.7 Å². The lowest BCUT2D eigenvalue weighted by Gasteiger charge is -2.12. The van der Waals surface area contributed by atoms with Crippen LogP contribution in [0.5, 0.6) is 0 Å². The molecular weight excluding hydrogens is 318 g/mol. The Balaban J connectivity index is 1.79. The van der Waals surface area contributed by atoms with E-state index in [-0.39, 0.29) is 0 Å². The lowest BCUT2D eigenvalue weighted by molar-refractivity contribution is 0.644. The van der Waals surface area contributed by atoms with Crippen molar-refractivity contribution in [1.82, 2.24) is 10.2 Å². The Bertz CT molecular complexity index is 785. The van der Waals surface area contributed by atoms with Gasteiger partial charge in [0, 0.05) is 17.7 Å². The fraction of sp³-hybridized carbons (Fsp3) is 0.304. The number of aromatic nitrogens is 2. The first-order valence-corrected chi connectivity index (χ1v) is 9.61. The maximum Gasteiger partial charge on any atom is 0.149 e. The van der Waals surface area contributed by atoms with E-state index in [1.54, 1.807) is 0 Å². The van der Waals surface area contributed by atoms with Gasteiger partial charge in [0.05, 0.1) is 0 Å². The van der Waals surface area contributed by atoms with Gasteiger partial charge in [0.25, 0.3) is 0 Å². The number of nitrogens with one attached hydrogen (secondary N) is 1. The quantitative estimate of drug-likeness (QED) is 0.470. The Morgan fingerprint density at radius 3 is 2.08 bits per heavy atom. The summed E-state index contributed by atoms with van der Waals surface area (Å²) in [5.74, 6) is 0.846. The molecule has 1 N–H and O–H groups in total. The second-order valence-electron chi connectivity index (χ2n) is 6.56. The highest BCUT2D eigenvalue weighted by molar-refractivity contribution is 5.81. The van der Waals surface area contributed by atoms with E-state index in [2.05, 4.69) is 64.9 Å². The van der Waals surface area contributed by atoms with Crippen molar-refractivity contribution >= 4 is 5.82 Å². The third-order valence-corrected chi connectivity index (χ3v) is 4.51. The van der Waals surface area contributed by atoms with Crippen LogP contribution in [-0.4, -0.2) is 16.7 Å². The second kappa shape index (κ2) is 9.71. The van der Waals surface area contributed by atoms with Gasteiger partial charge in [-0.3, -0.25) is 0 Å². The van der Waals surface area contributed by atoms with Gasteiger partial charge in [-0.2, -0.15) is 0 Å². The summed E-state index contributed by atoms with van der Waals surface area (Å²) in [6.45, 7) is 3.19. The van der Waals surface area contributed by atoms with E-state index < -0.39 is 0 Å². The summed E-state index contributed by atoms with van der Waals surface area (Å²) in [7, 11) is 0. The maximum absolute atomic E-state index is 4.54. The number of benzene rings is 2. The topological polar surface area (TPSA) is 37.8 Å². The van der Waals surface area contributed by atoms with Crippen LogP contribution in [0, 0.1) is 0 Å². The molecule has 0 spiro atoms. The van der Waals surface area contributed by atoms with Crippen molar-refractivity contribution < 1.29 is 0 Å². The van der Waals surface area contributed by atoms with Crippen molar-refractivity contribution in [2.45, 2.75) is 39.0 Å². The van der Waals surface area contributed by atoms with Crippen LogP contribution in [0.25, 0.3) is 22.4 Å². The number of anilines is 1. The number of hydrogen-bond donors (Lipinski definition) is 1. The Hall–Kier alpha value is -2.68. The summed E-state index contributed by atoms with van der Waals surface area (Å²) in [6.07, 6.45) is 6.35. The van der Waals surface area contributed by atoms with Gasteiger partial charge in [0.15, 0.2) is 0 Å². The molecule has 2 aromatic carbocycles. The molecule has 0 saturated heterocycles. The van der Waals surface area contributed by atoms with E-state index in [0.717, 1.165) is 34.7 Å². The predicted octanol–water partition coefficient (Wildman–Crippen LogP) is 6.19. The first kappa shape index (κ1) is 18.1. The lowest BCUT2D eigenvalue weighted by atomic mass is 10.00. The summed E-state index contributed by atoms with van der Waals surface area (Å²) in [5, 5.41) is 12.4. The Morgan fingerprint density at radius 1 is 0.731 bits per heavy atom. The molecule has 3 aromatic rings. The highest BCUT2D eigenvalue weighted by Gasteiger charge is 2.11. The van der Waals surface area contributed by atoms with Crippen molar-refractivity contribution in [2.24, 2.45) is 0 Å². The maximum atomic E-state index is 4.54. The van der Waals surface area contributed by atoms with Gasteiger partial charge in [-0.25, -0.2) is 0 Å². The first-order chi connectivity index (χ1) is 12.9. The molecule has 0 unspecified atom stereocenters. The van der Waals surface area contributed by atoms with Crippen LogP contribution < -0.4 is 5.32 Å². The minimum Gasteiger partial charge on any atom is -0.369 e. The Labute approximate surface area is 156 Å². The predicted molar refractivity (Wildman–Crippen MR) is 110 cm³/mol. The molecule has 3 rings (SSSR count). The monoisotopic (exact) mass is 345 g/mol. The van der Waals surface area contributed by atoms with E-state index in [4.69, 9.17) is 0 Å². The van der Waals surface area contributed by atoms with E-state index in [1.165, 1.54) is 32.1 Å². The van der Waals surface area contributed by atoms with Gasteiger partial charge in [0.2, 0.25) is 0 Å². The SMILES string of the molecule is CCCCCCCNc1cc(-c2ccccc2)c(-c2ccccc2)nn1. The molecule has 134 valence electrons. The van der Waals surface area contributed by atoms with Crippen LogP contribution in [0.2, 0.25) is 0 Å². The van der Waals surface area contributed by atoms with Gasteiger partial charge < -0.3 is 5.32 Å². The first-order valence-electron chi connectivity index (χ1n) is 9.61. The number of rotatable bonds is 9. The van der Waals surface area contributed by atoms with Gasteiger partial charge in [-0.05, 0) is 18.1 Å². The number of nitrogens with zero attached hydrogens (tertiary/aromatic N) is 2. The van der Waals surface area contributed by atoms with Crippen molar-refractivity contribution in [3.8, 4) is 22.4 Å². The molecule has 1 heterocycles. The van der Waals surface area contributed by atoms with Crippen LogP contribution in [0.3, 0.4) is 0 Å². The zero-order valence-electron chi connectivity index (χ0n) is 15.5. The van der Waals surface area contributed by atoms with Gasteiger partial charge in [-0.1, -0.05) is 93.3 Å². The van der Waals surface area contributed by atoms with Gasteiger partial charge >= 0.3 is 0 Å². The molecule has 0 atom stereocenters. The minimum absolute atomic E-state index is 0.846. The standard InChI is InChI=1S/C23H27N3/c1-2-3-4-5-12-17-24-22-18-21(19-13-8-6-9-14-19)23(26-25-22)20-15-10-7-11-16-20/h6-11,13-16,18H,2-5,12,17H2,1H3,(H,24,25). The zero-order chi connectivity index (χ0) is 18.0. The Kier molecular flexibility index (Phi) is 6.77. The van der Waals surface area contributed by atoms with Crippen LogP contribution >= 0.6 is 0 Å². The molecule has 0 aliphatic rings. The molecule has 0 radical (unpaired) electrons. The smallest absolute Gasteiger partial charge is 0.149 e. The molecule has 3 nitrogen and oxygen atoms in total. The molecule has 0 bridgehead atoms. The molecule has 0 aliphatic heterocycles. The van der Waals surface area contributed by atoms with Crippen LogP contribution in [-0.2, 0) is 0 Å². The van der Waals surface area contributed by atoms with Crippen molar-refractivity contribution in [1.29, 1.82) is 0 Å². The van der Waals surface area contributed by atoms with Crippen LogP contribution in [0.1, 0.15) is 39.0 Å². The molecule has 26 heavy (non-hydrogen) atoms. The fourth-order valence-corrected chi connectivity index (χ4v) is 3.07. The normalized spacial score (nSPS) is 10.7. The molecule has 0 amide bonds. The van der Waals surface area contributed by atoms with E-state index in [1.807, 2.05) is 24.3 Å². The zero-order valence-corrected chi connectivity index (χ0v) is 15.5. The fourth-order valence-electron chi connectivity index (χ4n) is 3.07. The highest BCUT2D eigenvalue weighted by atomic mass is 15.2. The summed E-state index contributed by atoms with van der Waals surface area (Å²) in [5.41, 5.74) is 4.28. The van der Waals surface area contributed by atoms with E-state index >= 15 is 0 Å². The molecule has 3 heteroatoms. The third kappa shape index (κ3) is 4.92. The summed E-state index contributed by atoms with van der Waals surface area (Å²) >= 11 is 0.